The zero-order valence-electron chi connectivity index (χ0n) is 52.4. The number of esters is 3. The average molecular weight is 1100 g/mol. The molecule has 0 fully saturated rings. The topological polar surface area (TPSA) is 78.9 Å². The Bertz CT molecular complexity index is 1500. The smallest absolute Gasteiger partial charge is 0.306 e. The van der Waals surface area contributed by atoms with Crippen molar-refractivity contribution in [3.05, 3.63) is 85.1 Å². The van der Waals surface area contributed by atoms with Crippen molar-refractivity contribution >= 4 is 17.9 Å². The summed E-state index contributed by atoms with van der Waals surface area (Å²) in [5.41, 5.74) is 0. The third kappa shape index (κ3) is 65.3. The number of rotatable bonds is 62. The first-order valence-corrected chi connectivity index (χ1v) is 34.1. The third-order valence-corrected chi connectivity index (χ3v) is 14.9. The number of carbonyl (C=O) groups excluding carboxylic acids is 3. The first kappa shape index (κ1) is 75.6. The van der Waals surface area contributed by atoms with Crippen LogP contribution in [0.1, 0.15) is 342 Å². The summed E-state index contributed by atoms with van der Waals surface area (Å²) in [4.78, 5) is 38.0. The van der Waals surface area contributed by atoms with Gasteiger partial charge in [-0.2, -0.15) is 0 Å². The van der Waals surface area contributed by atoms with E-state index in [-0.39, 0.29) is 37.5 Å². The van der Waals surface area contributed by atoms with Crippen LogP contribution in [0.25, 0.3) is 0 Å². The fourth-order valence-electron chi connectivity index (χ4n) is 9.84. The van der Waals surface area contributed by atoms with E-state index in [0.717, 1.165) is 109 Å². The number of carbonyl (C=O) groups is 3. The second-order valence-corrected chi connectivity index (χ2v) is 22.7. The molecule has 6 nitrogen and oxygen atoms in total. The fraction of sp³-hybridized carbons (Fsp3) is 0.767. The first-order valence-electron chi connectivity index (χ1n) is 34.1. The lowest BCUT2D eigenvalue weighted by Gasteiger charge is -2.18. The monoisotopic (exact) mass is 1100 g/mol. The van der Waals surface area contributed by atoms with E-state index < -0.39 is 6.10 Å². The highest BCUT2D eigenvalue weighted by molar-refractivity contribution is 5.71. The summed E-state index contributed by atoms with van der Waals surface area (Å²) in [7, 11) is 0. The van der Waals surface area contributed by atoms with Crippen LogP contribution in [0.15, 0.2) is 85.1 Å². The number of hydrogen-bond acceptors (Lipinski definition) is 6. The molecular weight excluding hydrogens is 973 g/mol. The Labute approximate surface area is 490 Å². The van der Waals surface area contributed by atoms with Gasteiger partial charge in [-0.25, -0.2) is 0 Å². The molecule has 0 aliphatic rings. The Balaban J connectivity index is 4.07. The molecule has 0 aromatic rings. The van der Waals surface area contributed by atoms with Crippen LogP contribution in [0.2, 0.25) is 0 Å². The Morgan fingerprint density at radius 3 is 0.772 bits per heavy atom. The average Bonchev–Trinajstić information content (AvgIpc) is 3.45. The minimum absolute atomic E-state index is 0.0873. The zero-order chi connectivity index (χ0) is 57.1. The molecule has 0 aromatic carbocycles. The Morgan fingerprint density at radius 1 is 0.266 bits per heavy atom. The minimum Gasteiger partial charge on any atom is -0.462 e. The Morgan fingerprint density at radius 2 is 0.494 bits per heavy atom. The van der Waals surface area contributed by atoms with Crippen molar-refractivity contribution in [3.63, 3.8) is 0 Å². The quantitative estimate of drug-likeness (QED) is 0.0261. The standard InChI is InChI=1S/C73H128O6/c1-4-7-10-13-16-18-20-22-24-26-28-30-32-34-35-36-37-38-40-41-43-45-47-49-51-53-55-57-60-63-66-72(75)78-69-70(68-77-71(74)65-62-59-15-12-9-6-3)79-73(76)67-64-61-58-56-54-52-50-48-46-44-42-39-33-31-29-27-25-23-21-19-17-14-11-8-5-2/h8,11,17,19,23,25,29,31,39,42,46,48,52,54,70H,4-7,9-10,12-16,18,20-22,24,26-28,30,32-38,40-41,43-45,47,49-51,53,55-69H2,1-3H3/b11-8-,19-17-,25-23-,31-29-,42-39-,48-46-,54-52-. The molecule has 1 atom stereocenters. The van der Waals surface area contributed by atoms with Gasteiger partial charge in [0.2, 0.25) is 0 Å². The van der Waals surface area contributed by atoms with Gasteiger partial charge in [-0.05, 0) is 77.0 Å². The molecule has 0 aromatic heterocycles. The van der Waals surface area contributed by atoms with Gasteiger partial charge in [-0.15, -0.1) is 0 Å². The van der Waals surface area contributed by atoms with Crippen molar-refractivity contribution in [2.75, 3.05) is 13.2 Å². The summed E-state index contributed by atoms with van der Waals surface area (Å²) in [5.74, 6) is -0.918. The fourth-order valence-corrected chi connectivity index (χ4v) is 9.84. The summed E-state index contributed by atoms with van der Waals surface area (Å²) < 4.78 is 16.8. The number of unbranched alkanes of at least 4 members (excludes halogenated alkanes) is 37. The van der Waals surface area contributed by atoms with Crippen LogP contribution in [-0.2, 0) is 28.6 Å². The van der Waals surface area contributed by atoms with Crippen molar-refractivity contribution in [2.24, 2.45) is 0 Å². The van der Waals surface area contributed by atoms with Crippen LogP contribution in [0.5, 0.6) is 0 Å². The maximum Gasteiger partial charge on any atom is 0.306 e. The number of ether oxygens (including phenoxy) is 3. The van der Waals surface area contributed by atoms with E-state index in [1.165, 1.54) is 193 Å². The van der Waals surface area contributed by atoms with E-state index in [1.807, 2.05) is 0 Å². The molecule has 0 bridgehead atoms. The zero-order valence-corrected chi connectivity index (χ0v) is 52.4. The highest BCUT2D eigenvalue weighted by Crippen LogP contribution is 2.18. The van der Waals surface area contributed by atoms with Gasteiger partial charge in [0, 0.05) is 19.3 Å². The van der Waals surface area contributed by atoms with E-state index in [2.05, 4.69) is 106 Å². The van der Waals surface area contributed by atoms with E-state index >= 15 is 0 Å². The molecule has 79 heavy (non-hydrogen) atoms. The van der Waals surface area contributed by atoms with Crippen LogP contribution in [0.3, 0.4) is 0 Å². The molecule has 0 rings (SSSR count). The molecule has 6 heteroatoms. The summed E-state index contributed by atoms with van der Waals surface area (Å²) in [5, 5.41) is 0. The molecule has 0 spiro atoms. The molecule has 0 radical (unpaired) electrons. The van der Waals surface area contributed by atoms with Crippen molar-refractivity contribution in [2.45, 2.75) is 348 Å². The van der Waals surface area contributed by atoms with Gasteiger partial charge in [-0.3, -0.25) is 14.4 Å². The minimum atomic E-state index is -0.791. The molecule has 456 valence electrons. The Hall–Kier alpha value is -3.41. The van der Waals surface area contributed by atoms with Crippen LogP contribution < -0.4 is 0 Å². The van der Waals surface area contributed by atoms with Crippen molar-refractivity contribution in [3.8, 4) is 0 Å². The van der Waals surface area contributed by atoms with Gasteiger partial charge in [0.25, 0.3) is 0 Å². The number of allylic oxidation sites excluding steroid dienone is 14. The van der Waals surface area contributed by atoms with E-state index in [4.69, 9.17) is 14.2 Å². The second kappa shape index (κ2) is 67.1. The Kier molecular flexibility index (Phi) is 64.2. The van der Waals surface area contributed by atoms with E-state index in [0.29, 0.717) is 12.8 Å². The molecule has 1 unspecified atom stereocenters. The van der Waals surface area contributed by atoms with E-state index in [9.17, 15) is 14.4 Å². The van der Waals surface area contributed by atoms with Gasteiger partial charge >= 0.3 is 17.9 Å². The van der Waals surface area contributed by atoms with Gasteiger partial charge < -0.3 is 14.2 Å². The van der Waals surface area contributed by atoms with Crippen LogP contribution in [0.4, 0.5) is 0 Å². The maximum absolute atomic E-state index is 12.8. The normalized spacial score (nSPS) is 12.6. The van der Waals surface area contributed by atoms with Gasteiger partial charge in [-0.1, -0.05) is 331 Å². The second-order valence-electron chi connectivity index (χ2n) is 22.7. The molecule has 0 N–H and O–H groups in total. The predicted octanol–water partition coefficient (Wildman–Crippen LogP) is 23.4. The summed E-state index contributed by atoms with van der Waals surface area (Å²) in [6.07, 6.45) is 89.4. The molecular formula is C73H128O6. The van der Waals surface area contributed by atoms with Crippen LogP contribution in [-0.4, -0.2) is 37.2 Å². The SMILES string of the molecule is CC/C=C\C/C=C\C/C=C\C/C=C\C/C=C\C/C=C\C/C=C\CCCCCC(=O)OC(COC(=O)CCCCCCCC)COC(=O)CCCCCCCCCCCCCCCCCCCCCCCCCCCCCCCC. The number of hydrogen-bond donors (Lipinski definition) is 0. The molecule has 0 saturated carbocycles. The molecule has 0 saturated heterocycles. The van der Waals surface area contributed by atoms with Crippen molar-refractivity contribution in [1.82, 2.24) is 0 Å². The first-order chi connectivity index (χ1) is 39.0. The summed E-state index contributed by atoms with van der Waals surface area (Å²) in [6.45, 7) is 6.48. The maximum atomic E-state index is 12.8. The highest BCUT2D eigenvalue weighted by atomic mass is 16.6. The van der Waals surface area contributed by atoms with Crippen LogP contribution >= 0.6 is 0 Å². The van der Waals surface area contributed by atoms with Crippen molar-refractivity contribution < 1.29 is 28.6 Å². The molecule has 0 aliphatic heterocycles. The van der Waals surface area contributed by atoms with Crippen molar-refractivity contribution in [1.29, 1.82) is 0 Å². The highest BCUT2D eigenvalue weighted by Gasteiger charge is 2.19. The van der Waals surface area contributed by atoms with Crippen LogP contribution in [0, 0.1) is 0 Å². The van der Waals surface area contributed by atoms with Gasteiger partial charge in [0.1, 0.15) is 13.2 Å². The lowest BCUT2D eigenvalue weighted by molar-refractivity contribution is -0.167. The van der Waals surface area contributed by atoms with Gasteiger partial charge in [0.15, 0.2) is 6.10 Å². The largest absolute Gasteiger partial charge is 0.462 e. The lowest BCUT2D eigenvalue weighted by atomic mass is 10.0. The third-order valence-electron chi connectivity index (χ3n) is 14.9. The van der Waals surface area contributed by atoms with Gasteiger partial charge in [0.05, 0.1) is 0 Å². The van der Waals surface area contributed by atoms with E-state index in [1.54, 1.807) is 0 Å². The summed E-state index contributed by atoms with van der Waals surface area (Å²) >= 11 is 0. The predicted molar refractivity (Wildman–Crippen MR) is 344 cm³/mol. The molecule has 0 aliphatic carbocycles. The summed E-state index contributed by atoms with van der Waals surface area (Å²) in [6, 6.07) is 0. The molecule has 0 amide bonds. The lowest BCUT2D eigenvalue weighted by Crippen LogP contribution is -2.30. The molecule has 0 heterocycles.